The second-order valence-corrected chi connectivity index (χ2v) is 9.40. The molecular weight excluding hydrogens is 394 g/mol. The Morgan fingerprint density at radius 1 is 1.24 bits per heavy atom. The zero-order valence-corrected chi connectivity index (χ0v) is 15.3. The Morgan fingerprint density at radius 3 is 2.67 bits per heavy atom. The fourth-order valence-corrected chi connectivity index (χ4v) is 6.69. The molecule has 2 rings (SSSR count). The predicted octanol–water partition coefficient (Wildman–Crippen LogP) is 1.62. The summed E-state index contributed by atoms with van der Waals surface area (Å²) in [6.07, 6.45) is 2.01. The molecular formula is C13H12AsCl2N2O2S. The summed E-state index contributed by atoms with van der Waals surface area (Å²) >= 11 is 11.2. The van der Waals surface area contributed by atoms with Gasteiger partial charge in [0.2, 0.25) is 0 Å². The third kappa shape index (κ3) is 4.19. The molecule has 21 heavy (non-hydrogen) atoms. The van der Waals surface area contributed by atoms with Gasteiger partial charge in [-0.05, 0) is 0 Å². The van der Waals surface area contributed by atoms with Crippen molar-refractivity contribution in [2.45, 2.75) is 18.2 Å². The van der Waals surface area contributed by atoms with Gasteiger partial charge < -0.3 is 0 Å². The van der Waals surface area contributed by atoms with Crippen molar-refractivity contribution in [3.8, 4) is 0 Å². The molecule has 8 heteroatoms. The van der Waals surface area contributed by atoms with Crippen LogP contribution in [0.1, 0.15) is 13.3 Å². The van der Waals surface area contributed by atoms with Gasteiger partial charge in [0.05, 0.1) is 0 Å². The Morgan fingerprint density at radius 2 is 1.95 bits per heavy atom. The van der Waals surface area contributed by atoms with E-state index >= 15 is 0 Å². The molecule has 0 fully saturated rings. The van der Waals surface area contributed by atoms with Crippen molar-refractivity contribution in [2.24, 2.45) is 0 Å². The number of hydrogen-bond donors (Lipinski definition) is 0. The quantitative estimate of drug-likeness (QED) is 0.560. The van der Waals surface area contributed by atoms with Crippen LogP contribution in [0.5, 0.6) is 0 Å². The maximum atomic E-state index is 12.3. The van der Waals surface area contributed by atoms with E-state index in [9.17, 15) is 8.42 Å². The number of halogens is 2. The first kappa shape index (κ1) is 16.8. The molecule has 1 heterocycles. The van der Waals surface area contributed by atoms with Crippen molar-refractivity contribution in [2.75, 3.05) is 5.75 Å². The van der Waals surface area contributed by atoms with Crippen molar-refractivity contribution in [3.05, 3.63) is 40.8 Å². The number of nitrogens with zero attached hydrogens (tertiary/aromatic N) is 2. The van der Waals surface area contributed by atoms with Crippen LogP contribution in [0, 0.1) is 0 Å². The second kappa shape index (κ2) is 7.10. The molecule has 2 aromatic rings. The molecule has 0 spiro atoms. The Balaban J connectivity index is 2.44. The first-order chi connectivity index (χ1) is 9.94. The summed E-state index contributed by atoms with van der Waals surface area (Å²) in [5.41, 5.74) is 0. The van der Waals surface area contributed by atoms with Crippen LogP contribution in [0.4, 0.5) is 0 Å². The summed E-state index contributed by atoms with van der Waals surface area (Å²) in [6, 6.07) is 6.97. The van der Waals surface area contributed by atoms with E-state index in [1.807, 2.05) is 13.0 Å². The Hall–Kier alpha value is -0.612. The molecule has 0 saturated carbocycles. The van der Waals surface area contributed by atoms with Gasteiger partial charge in [-0.1, -0.05) is 0 Å². The van der Waals surface area contributed by atoms with E-state index in [0.29, 0.717) is 20.8 Å². The predicted molar refractivity (Wildman–Crippen MR) is 85.9 cm³/mol. The van der Waals surface area contributed by atoms with E-state index in [1.54, 1.807) is 18.2 Å². The van der Waals surface area contributed by atoms with Crippen molar-refractivity contribution in [1.29, 1.82) is 0 Å². The molecule has 0 N–H and O–H groups in total. The molecule has 1 radical (unpaired) electrons. The number of rotatable bonds is 5. The van der Waals surface area contributed by atoms with Gasteiger partial charge in [-0.25, -0.2) is 0 Å². The minimum absolute atomic E-state index is 0.110. The average molecular weight is 406 g/mol. The molecule has 1 aromatic heterocycles. The van der Waals surface area contributed by atoms with Gasteiger partial charge in [0.25, 0.3) is 0 Å². The molecule has 1 aromatic carbocycles. The van der Waals surface area contributed by atoms with Crippen LogP contribution in [0.2, 0.25) is 10.3 Å². The summed E-state index contributed by atoms with van der Waals surface area (Å²) in [6.45, 7) is 1.84. The molecule has 111 valence electrons. The fraction of sp³-hybridized carbons (Fsp3) is 0.231. The first-order valence-corrected chi connectivity index (χ1v) is 10.4. The van der Waals surface area contributed by atoms with Gasteiger partial charge in [-0.15, -0.1) is 0 Å². The van der Waals surface area contributed by atoms with Gasteiger partial charge >= 0.3 is 141 Å². The molecule has 0 aliphatic carbocycles. The molecule has 0 bridgehead atoms. The van der Waals surface area contributed by atoms with Crippen molar-refractivity contribution in [3.63, 3.8) is 0 Å². The van der Waals surface area contributed by atoms with E-state index in [2.05, 4.69) is 9.97 Å². The van der Waals surface area contributed by atoms with Crippen molar-refractivity contribution < 1.29 is 8.42 Å². The molecule has 0 atom stereocenters. The van der Waals surface area contributed by atoms with Crippen molar-refractivity contribution >= 4 is 57.6 Å². The summed E-state index contributed by atoms with van der Waals surface area (Å²) < 4.78 is 26.0. The summed E-state index contributed by atoms with van der Waals surface area (Å²) in [4.78, 5) is 8.27. The number of benzene rings is 1. The van der Waals surface area contributed by atoms with E-state index in [0.717, 1.165) is 4.35 Å². The second-order valence-electron chi connectivity index (χ2n) is 4.21. The van der Waals surface area contributed by atoms with E-state index in [-0.39, 0.29) is 11.0 Å². The van der Waals surface area contributed by atoms with Crippen LogP contribution >= 0.6 is 23.2 Å². The van der Waals surface area contributed by atoms with Gasteiger partial charge in [0.1, 0.15) is 0 Å². The van der Waals surface area contributed by atoms with Crippen LogP contribution in [0.15, 0.2) is 35.4 Å². The zero-order valence-electron chi connectivity index (χ0n) is 11.1. The topological polar surface area (TPSA) is 59.9 Å². The van der Waals surface area contributed by atoms with Crippen LogP contribution in [-0.2, 0) is 9.84 Å². The number of hydrogen-bond acceptors (Lipinski definition) is 4. The summed E-state index contributed by atoms with van der Waals surface area (Å²) in [7, 11) is -3.28. The standard InChI is InChI=1S/C13H12AsCl2N2O2S/c1-2-7-21(19,20)11-6-4-3-5-9(11)14-12-10(15)8-17-13(16)18-12/h3-6,8H,2,7H2,1H3. The average Bonchev–Trinajstić information content (AvgIpc) is 2.43. The molecule has 0 amide bonds. The molecule has 0 saturated heterocycles. The zero-order chi connectivity index (χ0) is 15.5. The third-order valence-electron chi connectivity index (χ3n) is 2.60. The normalized spacial score (nSPS) is 12.1. The SMILES string of the molecule is CCCS(=O)(=O)c1ccccc1[As]c1nc(Cl)ncc1Cl. The van der Waals surface area contributed by atoms with Gasteiger partial charge in [0.15, 0.2) is 0 Å². The van der Waals surface area contributed by atoms with E-state index in [4.69, 9.17) is 23.2 Å². The minimum atomic E-state index is -3.28. The number of aromatic nitrogens is 2. The molecule has 0 unspecified atom stereocenters. The van der Waals surface area contributed by atoms with Crippen molar-refractivity contribution in [1.82, 2.24) is 9.97 Å². The Bertz CT molecular complexity index is 754. The maximum absolute atomic E-state index is 12.3. The Kier molecular flexibility index (Phi) is 5.66. The van der Waals surface area contributed by atoms with E-state index < -0.39 is 25.6 Å². The third-order valence-corrected chi connectivity index (χ3v) is 8.13. The van der Waals surface area contributed by atoms with Crippen LogP contribution in [-0.4, -0.2) is 39.9 Å². The van der Waals surface area contributed by atoms with Gasteiger partial charge in [-0.3, -0.25) is 0 Å². The summed E-state index contributed by atoms with van der Waals surface area (Å²) in [5, 5.41) is 0.515. The molecule has 0 aliphatic heterocycles. The van der Waals surface area contributed by atoms with E-state index in [1.165, 1.54) is 6.20 Å². The summed E-state index contributed by atoms with van der Waals surface area (Å²) in [5.74, 6) is 0.128. The van der Waals surface area contributed by atoms with Gasteiger partial charge in [-0.2, -0.15) is 0 Å². The monoisotopic (exact) mass is 405 g/mol. The molecule has 0 aliphatic rings. The van der Waals surface area contributed by atoms with Crippen LogP contribution in [0.3, 0.4) is 0 Å². The fourth-order valence-electron chi connectivity index (χ4n) is 1.72. The van der Waals surface area contributed by atoms with Gasteiger partial charge in [0, 0.05) is 0 Å². The van der Waals surface area contributed by atoms with Crippen LogP contribution in [0.25, 0.3) is 0 Å². The molecule has 4 nitrogen and oxygen atoms in total. The first-order valence-electron chi connectivity index (χ1n) is 6.15. The number of sulfone groups is 1. The van der Waals surface area contributed by atoms with Crippen LogP contribution < -0.4 is 8.83 Å². The Labute approximate surface area is 140 Å².